The molecule has 0 saturated carbocycles. The fourth-order valence-electron chi connectivity index (χ4n) is 3.77. The Kier molecular flexibility index (Phi) is 5.37. The number of carbonyl (C=O) groups is 2. The summed E-state index contributed by atoms with van der Waals surface area (Å²) >= 11 is 0. The molecule has 6 nitrogen and oxygen atoms in total. The molecule has 1 heterocycles. The van der Waals surface area contributed by atoms with E-state index in [-0.39, 0.29) is 16.7 Å². The Bertz CT molecular complexity index is 1270. The predicted octanol–water partition coefficient (Wildman–Crippen LogP) is 3.61. The highest BCUT2D eigenvalue weighted by molar-refractivity contribution is 7.90. The van der Waals surface area contributed by atoms with Crippen LogP contribution in [0.2, 0.25) is 0 Å². The first-order chi connectivity index (χ1) is 14.8. The van der Waals surface area contributed by atoms with Gasteiger partial charge in [0.2, 0.25) is 5.91 Å². The number of fused-ring (bicyclic) bond motifs is 1. The molecular weight excluding hydrogens is 412 g/mol. The van der Waals surface area contributed by atoms with E-state index in [0.717, 1.165) is 17.4 Å². The summed E-state index contributed by atoms with van der Waals surface area (Å²) in [4.78, 5) is 28.3. The van der Waals surface area contributed by atoms with Gasteiger partial charge in [0.1, 0.15) is 6.04 Å². The number of aryl methyl sites for hydroxylation is 1. The fourth-order valence-corrected chi connectivity index (χ4v) is 4.42. The van der Waals surface area contributed by atoms with Gasteiger partial charge in [-0.05, 0) is 42.3 Å². The molecule has 0 unspecified atom stereocenters. The van der Waals surface area contributed by atoms with Crippen LogP contribution in [0.15, 0.2) is 77.7 Å². The van der Waals surface area contributed by atoms with E-state index in [4.69, 9.17) is 0 Å². The Morgan fingerprint density at radius 1 is 1.00 bits per heavy atom. The number of nitrogens with one attached hydrogen (secondary N) is 1. The van der Waals surface area contributed by atoms with Crippen molar-refractivity contribution in [1.29, 1.82) is 0 Å². The second kappa shape index (κ2) is 8.00. The molecule has 1 aliphatic heterocycles. The zero-order valence-corrected chi connectivity index (χ0v) is 18.0. The van der Waals surface area contributed by atoms with Gasteiger partial charge in [0.05, 0.1) is 16.3 Å². The van der Waals surface area contributed by atoms with Crippen LogP contribution in [-0.4, -0.2) is 32.5 Å². The van der Waals surface area contributed by atoms with E-state index in [0.29, 0.717) is 23.4 Å². The van der Waals surface area contributed by atoms with Crippen LogP contribution in [0.25, 0.3) is 0 Å². The Morgan fingerprint density at radius 3 is 2.35 bits per heavy atom. The predicted molar refractivity (Wildman–Crippen MR) is 120 cm³/mol. The zero-order chi connectivity index (χ0) is 22.2. The summed E-state index contributed by atoms with van der Waals surface area (Å²) in [6, 6.07) is 20.4. The first-order valence-electron chi connectivity index (χ1n) is 9.84. The monoisotopic (exact) mass is 434 g/mol. The summed E-state index contributed by atoms with van der Waals surface area (Å²) in [5, 5.41) is 2.80. The quantitative estimate of drug-likeness (QED) is 0.680. The van der Waals surface area contributed by atoms with Crippen LogP contribution in [0, 0.1) is 6.92 Å². The molecule has 1 aliphatic rings. The third kappa shape index (κ3) is 4.09. The number of hydrogen-bond acceptors (Lipinski definition) is 4. The minimum atomic E-state index is -3.47. The molecule has 31 heavy (non-hydrogen) atoms. The zero-order valence-electron chi connectivity index (χ0n) is 17.2. The highest BCUT2D eigenvalue weighted by Gasteiger charge is 2.38. The number of hydrogen-bond donors (Lipinski definition) is 1. The second-order valence-electron chi connectivity index (χ2n) is 7.64. The maximum Gasteiger partial charge on any atom is 0.259 e. The number of nitrogens with zero attached hydrogens (tertiary/aromatic N) is 1. The number of carbonyl (C=O) groups excluding carboxylic acids is 2. The van der Waals surface area contributed by atoms with E-state index < -0.39 is 15.9 Å². The summed E-state index contributed by atoms with van der Waals surface area (Å²) < 4.78 is 24.0. The molecule has 0 saturated heterocycles. The smallest absolute Gasteiger partial charge is 0.259 e. The van der Waals surface area contributed by atoms with Crippen LogP contribution in [0.3, 0.4) is 0 Å². The molecule has 0 aromatic heterocycles. The van der Waals surface area contributed by atoms with Crippen LogP contribution in [0.5, 0.6) is 0 Å². The summed E-state index contributed by atoms with van der Waals surface area (Å²) in [5.74, 6) is -0.661. The lowest BCUT2D eigenvalue weighted by molar-refractivity contribution is -0.117. The number of rotatable bonds is 4. The molecule has 0 radical (unpaired) electrons. The van der Waals surface area contributed by atoms with E-state index in [9.17, 15) is 18.0 Å². The van der Waals surface area contributed by atoms with E-state index in [1.54, 1.807) is 18.2 Å². The summed E-state index contributed by atoms with van der Waals surface area (Å²) in [6.07, 6.45) is 1.44. The summed E-state index contributed by atoms with van der Waals surface area (Å²) in [6.45, 7) is 1.84. The maximum atomic E-state index is 13.6. The van der Waals surface area contributed by atoms with Crippen molar-refractivity contribution in [3.8, 4) is 0 Å². The molecule has 0 aliphatic carbocycles. The maximum absolute atomic E-state index is 13.6. The van der Waals surface area contributed by atoms with Gasteiger partial charge < -0.3 is 5.32 Å². The first-order valence-corrected chi connectivity index (χ1v) is 11.7. The minimum Gasteiger partial charge on any atom is -0.322 e. The number of sulfone groups is 1. The highest BCUT2D eigenvalue weighted by atomic mass is 32.2. The van der Waals surface area contributed by atoms with Crippen molar-refractivity contribution in [1.82, 2.24) is 0 Å². The van der Waals surface area contributed by atoms with Crippen LogP contribution < -0.4 is 10.2 Å². The average Bonchev–Trinajstić information content (AvgIpc) is 2.74. The Morgan fingerprint density at radius 2 is 1.68 bits per heavy atom. The average molecular weight is 435 g/mol. The van der Waals surface area contributed by atoms with Gasteiger partial charge in [-0.2, -0.15) is 0 Å². The van der Waals surface area contributed by atoms with Gasteiger partial charge in [-0.1, -0.05) is 48.5 Å². The third-order valence-electron chi connectivity index (χ3n) is 5.39. The summed E-state index contributed by atoms with van der Waals surface area (Å²) in [5.41, 5.74) is 2.99. The summed E-state index contributed by atoms with van der Waals surface area (Å²) in [7, 11) is -3.47. The van der Waals surface area contributed by atoms with Gasteiger partial charge in [-0.3, -0.25) is 14.5 Å². The van der Waals surface area contributed by atoms with Gasteiger partial charge in [0.25, 0.3) is 5.91 Å². The third-order valence-corrected chi connectivity index (χ3v) is 6.50. The lowest BCUT2D eigenvalue weighted by Gasteiger charge is -2.37. The molecule has 4 rings (SSSR count). The van der Waals surface area contributed by atoms with Gasteiger partial charge in [0.15, 0.2) is 9.84 Å². The van der Waals surface area contributed by atoms with Crippen molar-refractivity contribution in [2.45, 2.75) is 24.3 Å². The molecule has 3 aromatic carbocycles. The van der Waals surface area contributed by atoms with Crippen molar-refractivity contribution in [3.05, 3.63) is 89.5 Å². The Hall–Kier alpha value is -3.45. The number of benzene rings is 3. The number of amides is 2. The van der Waals surface area contributed by atoms with Crippen LogP contribution in [0.4, 0.5) is 11.4 Å². The molecule has 0 fully saturated rings. The second-order valence-corrected chi connectivity index (χ2v) is 9.65. The minimum absolute atomic E-state index is 0.0800. The molecule has 1 atom stereocenters. The molecule has 158 valence electrons. The van der Waals surface area contributed by atoms with Gasteiger partial charge in [-0.25, -0.2) is 8.42 Å². The Balaban J connectivity index is 1.85. The fraction of sp³-hybridized carbons (Fsp3) is 0.167. The largest absolute Gasteiger partial charge is 0.322 e. The van der Waals surface area contributed by atoms with E-state index in [2.05, 4.69) is 5.32 Å². The standard InChI is InChI=1S/C24H22N2O4S/c1-16-8-6-7-11-19(16)24(28)26-21-13-12-18(31(2,29)30)15-20(21)25-23(27)22(26)14-17-9-4-3-5-10-17/h3-13,15,22H,14H2,1-2H3,(H,25,27)/t22-/m0/s1. The molecule has 3 aromatic rings. The lowest BCUT2D eigenvalue weighted by atomic mass is 9.98. The molecule has 0 spiro atoms. The molecule has 2 amide bonds. The van der Waals surface area contributed by atoms with E-state index >= 15 is 0 Å². The number of anilines is 2. The lowest BCUT2D eigenvalue weighted by Crippen LogP contribution is -2.52. The Labute approximate surface area is 181 Å². The van der Waals surface area contributed by atoms with Crippen molar-refractivity contribution < 1.29 is 18.0 Å². The molecule has 1 N–H and O–H groups in total. The normalized spacial score (nSPS) is 15.9. The highest BCUT2D eigenvalue weighted by Crippen LogP contribution is 2.36. The van der Waals surface area contributed by atoms with Crippen LogP contribution in [0.1, 0.15) is 21.5 Å². The van der Waals surface area contributed by atoms with Crippen molar-refractivity contribution in [2.75, 3.05) is 16.5 Å². The van der Waals surface area contributed by atoms with E-state index in [1.807, 2.05) is 49.4 Å². The van der Waals surface area contributed by atoms with Crippen molar-refractivity contribution >= 4 is 33.0 Å². The SMILES string of the molecule is Cc1ccccc1C(=O)N1c2ccc(S(C)(=O)=O)cc2NC(=O)[C@@H]1Cc1ccccc1. The first kappa shape index (κ1) is 20.8. The van der Waals surface area contributed by atoms with Crippen molar-refractivity contribution in [2.24, 2.45) is 0 Å². The molecule has 0 bridgehead atoms. The van der Waals surface area contributed by atoms with Gasteiger partial charge >= 0.3 is 0 Å². The van der Waals surface area contributed by atoms with Crippen molar-refractivity contribution in [3.63, 3.8) is 0 Å². The molecular formula is C24H22N2O4S. The van der Waals surface area contributed by atoms with Crippen LogP contribution in [-0.2, 0) is 21.1 Å². The van der Waals surface area contributed by atoms with Gasteiger partial charge in [0, 0.05) is 18.2 Å². The van der Waals surface area contributed by atoms with Gasteiger partial charge in [-0.15, -0.1) is 0 Å². The molecule has 7 heteroatoms. The van der Waals surface area contributed by atoms with E-state index in [1.165, 1.54) is 17.0 Å². The van der Waals surface area contributed by atoms with Crippen LogP contribution >= 0.6 is 0 Å². The topological polar surface area (TPSA) is 83.6 Å².